The van der Waals surface area contributed by atoms with Gasteiger partial charge in [-0.2, -0.15) is 0 Å². The molecule has 2 aromatic rings. The molecule has 0 saturated carbocycles. The van der Waals surface area contributed by atoms with Crippen LogP contribution in [0.25, 0.3) is 0 Å². The van der Waals surface area contributed by atoms with Crippen LogP contribution in [0.5, 0.6) is 5.75 Å². The molecule has 7 heteroatoms. The summed E-state index contributed by atoms with van der Waals surface area (Å²) in [5, 5.41) is 6.26. The number of ether oxygens (including phenoxy) is 1. The van der Waals surface area contributed by atoms with Crippen LogP contribution >= 0.6 is 0 Å². The number of carbonyl (C=O) groups excluding carboxylic acids is 1. The molecule has 2 N–H and O–H groups in total. The highest BCUT2D eigenvalue weighted by atomic mass is 16.5. The number of hydrogen-bond donors (Lipinski definition) is 2. The Kier molecular flexibility index (Phi) is 8.35. The lowest BCUT2D eigenvalue weighted by molar-refractivity contribution is 0.156. The molecule has 1 aliphatic heterocycles. The van der Waals surface area contributed by atoms with Crippen molar-refractivity contribution in [1.82, 2.24) is 25.1 Å². The number of urea groups is 1. The summed E-state index contributed by atoms with van der Waals surface area (Å²) in [6, 6.07) is 7.53. The summed E-state index contributed by atoms with van der Waals surface area (Å²) < 4.78 is 7.31. The first kappa shape index (κ1) is 23.1. The average Bonchev–Trinajstić information content (AvgIpc) is 3.01. The van der Waals surface area contributed by atoms with E-state index in [4.69, 9.17) is 4.74 Å². The zero-order valence-electron chi connectivity index (χ0n) is 19.3. The minimum atomic E-state index is -0.370. The Bertz CT molecular complexity index is 827. The van der Waals surface area contributed by atoms with Gasteiger partial charge in [-0.15, -0.1) is 0 Å². The van der Waals surface area contributed by atoms with Crippen LogP contribution in [0.1, 0.15) is 57.0 Å². The maximum absolute atomic E-state index is 13.0. The molecular weight excluding hydrogens is 390 g/mol. The summed E-state index contributed by atoms with van der Waals surface area (Å²) in [5.41, 5.74) is 0.928. The van der Waals surface area contributed by atoms with Crippen LogP contribution in [0.2, 0.25) is 0 Å². The van der Waals surface area contributed by atoms with Crippen molar-refractivity contribution in [3.05, 3.63) is 48.0 Å². The highest BCUT2D eigenvalue weighted by Crippen LogP contribution is 2.24. The molecule has 31 heavy (non-hydrogen) atoms. The third kappa shape index (κ3) is 6.23. The van der Waals surface area contributed by atoms with Gasteiger partial charge < -0.3 is 19.9 Å². The molecule has 0 aliphatic carbocycles. The second-order valence-electron chi connectivity index (χ2n) is 8.72. The number of methoxy groups -OCH3 is 1. The predicted octanol–water partition coefficient (Wildman–Crippen LogP) is 3.72. The topological polar surface area (TPSA) is 71.4 Å². The van der Waals surface area contributed by atoms with Gasteiger partial charge in [-0.1, -0.05) is 38.8 Å². The number of amides is 2. The zero-order chi connectivity index (χ0) is 22.2. The van der Waals surface area contributed by atoms with E-state index < -0.39 is 0 Å². The number of hydrogen-bond acceptors (Lipinski definition) is 4. The van der Waals surface area contributed by atoms with Crippen molar-refractivity contribution < 1.29 is 9.53 Å². The molecule has 1 aromatic heterocycles. The molecule has 1 aliphatic rings. The molecule has 2 atom stereocenters. The molecule has 3 rings (SSSR count). The fraction of sp³-hybridized carbons (Fsp3) is 0.583. The van der Waals surface area contributed by atoms with Crippen LogP contribution in [-0.4, -0.2) is 53.3 Å². The van der Waals surface area contributed by atoms with Gasteiger partial charge in [0.25, 0.3) is 0 Å². The molecule has 2 unspecified atom stereocenters. The fourth-order valence-electron chi connectivity index (χ4n) is 4.37. The number of rotatable bonds is 8. The fourth-order valence-corrected chi connectivity index (χ4v) is 4.37. The lowest BCUT2D eigenvalue weighted by Gasteiger charge is -2.34. The molecule has 7 nitrogen and oxygen atoms in total. The third-order valence-electron chi connectivity index (χ3n) is 6.17. The monoisotopic (exact) mass is 427 g/mol. The number of aryl methyl sites for hydroxylation is 1. The number of nitrogens with zero attached hydrogens (tertiary/aromatic N) is 3. The Morgan fingerprint density at radius 3 is 2.55 bits per heavy atom. The summed E-state index contributed by atoms with van der Waals surface area (Å²) in [4.78, 5) is 20.0. The molecule has 1 aromatic carbocycles. The van der Waals surface area contributed by atoms with Crippen LogP contribution < -0.4 is 15.4 Å². The van der Waals surface area contributed by atoms with Gasteiger partial charge in [-0.3, -0.25) is 4.90 Å². The Morgan fingerprint density at radius 2 is 1.94 bits per heavy atom. The van der Waals surface area contributed by atoms with E-state index in [2.05, 4.69) is 34.4 Å². The van der Waals surface area contributed by atoms with Crippen molar-refractivity contribution in [2.75, 3.05) is 26.7 Å². The summed E-state index contributed by atoms with van der Waals surface area (Å²) >= 11 is 0. The van der Waals surface area contributed by atoms with Crippen LogP contribution in [-0.2, 0) is 7.05 Å². The van der Waals surface area contributed by atoms with Gasteiger partial charge in [0.05, 0.1) is 7.11 Å². The Balaban J connectivity index is 1.70. The van der Waals surface area contributed by atoms with E-state index in [9.17, 15) is 4.79 Å². The van der Waals surface area contributed by atoms with Gasteiger partial charge in [0.1, 0.15) is 17.6 Å². The number of imidazole rings is 1. The SMILES string of the molecule is COc1cccc(C(NC(=O)NCC(C(C)C)N2CCCCCC2)c2nccn2C)c1. The molecule has 170 valence electrons. The number of nitrogens with one attached hydrogen (secondary N) is 2. The molecule has 0 spiro atoms. The van der Waals surface area contributed by atoms with Gasteiger partial charge in [0, 0.05) is 32.0 Å². The molecule has 1 saturated heterocycles. The van der Waals surface area contributed by atoms with Crippen LogP contribution in [0.4, 0.5) is 4.79 Å². The van der Waals surface area contributed by atoms with Gasteiger partial charge >= 0.3 is 6.03 Å². The molecule has 0 bridgehead atoms. The minimum absolute atomic E-state index is 0.184. The van der Waals surface area contributed by atoms with Crippen molar-refractivity contribution in [2.24, 2.45) is 13.0 Å². The van der Waals surface area contributed by atoms with Crippen molar-refractivity contribution in [1.29, 1.82) is 0 Å². The van der Waals surface area contributed by atoms with Crippen LogP contribution in [0.15, 0.2) is 36.7 Å². The first-order chi connectivity index (χ1) is 15.0. The summed E-state index contributed by atoms with van der Waals surface area (Å²) in [6.07, 6.45) is 8.73. The first-order valence-electron chi connectivity index (χ1n) is 11.4. The molecule has 2 amide bonds. The lowest BCUT2D eigenvalue weighted by Crippen LogP contribution is -2.49. The van der Waals surface area contributed by atoms with Gasteiger partial charge in [-0.25, -0.2) is 9.78 Å². The van der Waals surface area contributed by atoms with Crippen molar-refractivity contribution >= 4 is 6.03 Å². The molecule has 0 radical (unpaired) electrons. The van der Waals surface area contributed by atoms with E-state index >= 15 is 0 Å². The van der Waals surface area contributed by atoms with Gasteiger partial charge in [-0.05, 0) is 49.5 Å². The Hall–Kier alpha value is -2.54. The second kappa shape index (κ2) is 11.2. The van der Waals surface area contributed by atoms with E-state index in [1.54, 1.807) is 13.3 Å². The zero-order valence-corrected chi connectivity index (χ0v) is 19.3. The van der Waals surface area contributed by atoms with E-state index in [1.165, 1.54) is 25.7 Å². The third-order valence-corrected chi connectivity index (χ3v) is 6.17. The highest BCUT2D eigenvalue weighted by molar-refractivity contribution is 5.75. The van der Waals surface area contributed by atoms with E-state index in [0.29, 0.717) is 18.5 Å². The maximum atomic E-state index is 13.0. The molecule has 1 fully saturated rings. The average molecular weight is 428 g/mol. The quantitative estimate of drug-likeness (QED) is 0.674. The highest BCUT2D eigenvalue weighted by Gasteiger charge is 2.25. The number of benzene rings is 1. The maximum Gasteiger partial charge on any atom is 0.315 e. The van der Waals surface area contributed by atoms with Crippen LogP contribution in [0.3, 0.4) is 0 Å². The standard InChI is InChI=1S/C24H37N5O2/c1-18(2)21(29-13-7-5-6-8-14-29)17-26-24(30)27-22(23-25-12-15-28(23)3)19-10-9-11-20(16-19)31-4/h9-12,15-16,18,21-22H,5-8,13-14,17H2,1-4H3,(H2,26,27,30). The summed E-state index contributed by atoms with van der Waals surface area (Å²) in [5.74, 6) is 2.00. The summed E-state index contributed by atoms with van der Waals surface area (Å²) in [7, 11) is 3.58. The number of likely N-dealkylation sites (tertiary alicyclic amines) is 1. The second-order valence-corrected chi connectivity index (χ2v) is 8.72. The van der Waals surface area contributed by atoms with Gasteiger partial charge in [0.2, 0.25) is 0 Å². The predicted molar refractivity (Wildman–Crippen MR) is 123 cm³/mol. The van der Waals surface area contributed by atoms with Crippen molar-refractivity contribution in [3.8, 4) is 5.75 Å². The van der Waals surface area contributed by atoms with Crippen molar-refractivity contribution in [3.63, 3.8) is 0 Å². The van der Waals surface area contributed by atoms with Crippen molar-refractivity contribution in [2.45, 2.75) is 51.6 Å². The van der Waals surface area contributed by atoms with E-state index in [1.807, 2.05) is 42.1 Å². The van der Waals surface area contributed by atoms with E-state index in [0.717, 1.165) is 30.2 Å². The lowest BCUT2D eigenvalue weighted by atomic mass is 10.0. The number of aromatic nitrogens is 2. The Morgan fingerprint density at radius 1 is 1.19 bits per heavy atom. The minimum Gasteiger partial charge on any atom is -0.497 e. The van der Waals surface area contributed by atoms with Crippen LogP contribution in [0, 0.1) is 5.92 Å². The van der Waals surface area contributed by atoms with Gasteiger partial charge in [0.15, 0.2) is 0 Å². The summed E-state index contributed by atoms with van der Waals surface area (Å²) in [6.45, 7) is 7.34. The first-order valence-corrected chi connectivity index (χ1v) is 11.4. The Labute approximate surface area is 186 Å². The smallest absolute Gasteiger partial charge is 0.315 e. The number of carbonyl (C=O) groups is 1. The largest absolute Gasteiger partial charge is 0.497 e. The normalized spacial score (nSPS) is 17.1. The molecule has 2 heterocycles. The molecular formula is C24H37N5O2. The van der Waals surface area contributed by atoms with E-state index in [-0.39, 0.29) is 12.1 Å².